The van der Waals surface area contributed by atoms with Gasteiger partial charge in [0.05, 0.1) is 5.92 Å². The van der Waals surface area contributed by atoms with E-state index in [1.807, 2.05) is 27.7 Å². The molecule has 7 nitrogen and oxygen atoms in total. The molecule has 1 aliphatic rings. The molecule has 0 bridgehead atoms. The van der Waals surface area contributed by atoms with Crippen molar-refractivity contribution in [1.29, 1.82) is 0 Å². The topological polar surface area (TPSA) is 98.7 Å². The number of hydrogen-bond donors (Lipinski definition) is 3. The number of hydrogen-bond acceptors (Lipinski definition) is 3. The Morgan fingerprint density at radius 2 is 1.96 bits per heavy atom. The van der Waals surface area contributed by atoms with Gasteiger partial charge in [-0.1, -0.05) is 13.8 Å². The van der Waals surface area contributed by atoms with E-state index >= 15 is 0 Å². The van der Waals surface area contributed by atoms with Crippen molar-refractivity contribution in [2.24, 2.45) is 11.8 Å². The summed E-state index contributed by atoms with van der Waals surface area (Å²) in [6.45, 7) is 9.40. The van der Waals surface area contributed by atoms with E-state index in [-0.39, 0.29) is 24.3 Å². The van der Waals surface area contributed by atoms with Crippen LogP contribution < -0.4 is 10.6 Å². The van der Waals surface area contributed by atoms with Gasteiger partial charge >= 0.3 is 12.0 Å². The quantitative estimate of drug-likeness (QED) is 0.658. The van der Waals surface area contributed by atoms with Crippen molar-refractivity contribution in [2.45, 2.75) is 58.9 Å². The number of rotatable bonds is 7. The number of likely N-dealkylation sites (tertiary alicyclic amines) is 1. The van der Waals surface area contributed by atoms with E-state index in [0.29, 0.717) is 32.0 Å². The minimum atomic E-state index is -0.872. The van der Waals surface area contributed by atoms with E-state index in [0.717, 1.165) is 12.8 Å². The smallest absolute Gasteiger partial charge is 0.317 e. The summed E-state index contributed by atoms with van der Waals surface area (Å²) in [6.07, 6.45) is 1.93. The Labute approximate surface area is 144 Å². The largest absolute Gasteiger partial charge is 0.481 e. The highest BCUT2D eigenvalue weighted by molar-refractivity contribution is 5.81. The lowest BCUT2D eigenvalue weighted by molar-refractivity contribution is -0.138. The van der Waals surface area contributed by atoms with E-state index in [1.54, 1.807) is 4.90 Å². The van der Waals surface area contributed by atoms with Crippen LogP contribution in [0.1, 0.15) is 53.4 Å². The van der Waals surface area contributed by atoms with Crippen LogP contribution >= 0.6 is 0 Å². The predicted molar refractivity (Wildman–Crippen MR) is 91.6 cm³/mol. The lowest BCUT2D eigenvalue weighted by Gasteiger charge is -2.34. The summed E-state index contributed by atoms with van der Waals surface area (Å²) in [5.74, 6) is -0.838. The Morgan fingerprint density at radius 1 is 1.29 bits per heavy atom. The standard InChI is InChI=1S/C17H31N3O4/c1-12(2)10-18-16(24)20-9-5-6-13(11-20)15(23)19-17(3,4)8-7-14(21)22/h12-13H,5-11H2,1-4H3,(H,18,24)(H,19,23)(H,21,22). The zero-order valence-corrected chi connectivity index (χ0v) is 15.2. The van der Waals surface area contributed by atoms with E-state index in [2.05, 4.69) is 10.6 Å². The molecule has 0 spiro atoms. The first kappa shape index (κ1) is 20.3. The summed E-state index contributed by atoms with van der Waals surface area (Å²) in [7, 11) is 0. The molecule has 1 rings (SSSR count). The third-order valence-electron chi connectivity index (χ3n) is 4.17. The van der Waals surface area contributed by atoms with Crippen LogP contribution in [0.3, 0.4) is 0 Å². The van der Waals surface area contributed by atoms with Crippen molar-refractivity contribution >= 4 is 17.9 Å². The van der Waals surface area contributed by atoms with Crippen molar-refractivity contribution in [3.05, 3.63) is 0 Å². The summed E-state index contributed by atoms with van der Waals surface area (Å²) >= 11 is 0. The highest BCUT2D eigenvalue weighted by atomic mass is 16.4. The SMILES string of the molecule is CC(C)CNC(=O)N1CCCC(C(=O)NC(C)(C)CCC(=O)O)C1. The summed E-state index contributed by atoms with van der Waals surface area (Å²) in [5.41, 5.74) is -0.572. The third-order valence-corrected chi connectivity index (χ3v) is 4.17. The molecule has 0 radical (unpaired) electrons. The van der Waals surface area contributed by atoms with Crippen LogP contribution in [0.4, 0.5) is 4.79 Å². The molecule has 0 saturated carbocycles. The molecule has 1 fully saturated rings. The summed E-state index contributed by atoms with van der Waals surface area (Å²) in [6, 6.07) is -0.119. The highest BCUT2D eigenvalue weighted by Crippen LogP contribution is 2.19. The monoisotopic (exact) mass is 341 g/mol. The van der Waals surface area contributed by atoms with Crippen molar-refractivity contribution < 1.29 is 19.5 Å². The Bertz CT molecular complexity index is 463. The average molecular weight is 341 g/mol. The highest BCUT2D eigenvalue weighted by Gasteiger charge is 2.31. The number of nitrogens with zero attached hydrogens (tertiary/aromatic N) is 1. The van der Waals surface area contributed by atoms with Crippen LogP contribution in [-0.2, 0) is 9.59 Å². The average Bonchev–Trinajstić information content (AvgIpc) is 2.50. The van der Waals surface area contributed by atoms with Crippen molar-refractivity contribution in [3.8, 4) is 0 Å². The van der Waals surface area contributed by atoms with Gasteiger partial charge < -0.3 is 20.6 Å². The number of piperidine rings is 1. The summed E-state index contributed by atoms with van der Waals surface area (Å²) in [4.78, 5) is 37.0. The lowest BCUT2D eigenvalue weighted by Crippen LogP contribution is -2.52. The second-order valence-corrected chi connectivity index (χ2v) is 7.63. The maximum absolute atomic E-state index is 12.5. The third kappa shape index (κ3) is 7.19. The molecule has 3 N–H and O–H groups in total. The Kier molecular flexibility index (Phi) is 7.51. The molecule has 1 unspecified atom stereocenters. The van der Waals surface area contributed by atoms with Gasteiger partial charge in [0.25, 0.3) is 0 Å². The van der Waals surface area contributed by atoms with Crippen LogP contribution in [-0.4, -0.2) is 53.1 Å². The van der Waals surface area contributed by atoms with Crippen LogP contribution in [0.15, 0.2) is 0 Å². The minimum absolute atomic E-state index is 0.0156. The number of urea groups is 1. The predicted octanol–water partition coefficient (Wildman–Crippen LogP) is 1.82. The maximum atomic E-state index is 12.5. The fourth-order valence-corrected chi connectivity index (χ4v) is 2.70. The van der Waals surface area contributed by atoms with Gasteiger partial charge in [-0.25, -0.2) is 4.79 Å². The van der Waals surface area contributed by atoms with E-state index in [9.17, 15) is 14.4 Å². The molecule has 1 heterocycles. The van der Waals surface area contributed by atoms with E-state index in [1.165, 1.54) is 0 Å². The molecule has 7 heteroatoms. The Hall–Kier alpha value is -1.79. The normalized spacial score (nSPS) is 18.4. The second kappa shape index (κ2) is 8.89. The molecular weight excluding hydrogens is 310 g/mol. The van der Waals surface area contributed by atoms with Gasteiger partial charge in [0.1, 0.15) is 0 Å². The zero-order valence-electron chi connectivity index (χ0n) is 15.2. The number of carboxylic acid groups (broad SMARTS) is 1. The first-order chi connectivity index (χ1) is 11.1. The van der Waals surface area contributed by atoms with Crippen LogP contribution in [0.25, 0.3) is 0 Å². The van der Waals surface area contributed by atoms with Crippen molar-refractivity contribution in [1.82, 2.24) is 15.5 Å². The number of carbonyl (C=O) groups is 3. The number of amides is 3. The Morgan fingerprint density at radius 3 is 2.54 bits per heavy atom. The fourth-order valence-electron chi connectivity index (χ4n) is 2.70. The van der Waals surface area contributed by atoms with Crippen LogP contribution in [0.5, 0.6) is 0 Å². The number of aliphatic carboxylic acids is 1. The van der Waals surface area contributed by atoms with Gasteiger partial charge in [-0.2, -0.15) is 0 Å². The minimum Gasteiger partial charge on any atom is -0.481 e. The van der Waals surface area contributed by atoms with Crippen LogP contribution in [0.2, 0.25) is 0 Å². The van der Waals surface area contributed by atoms with Gasteiger partial charge in [0, 0.05) is 31.6 Å². The first-order valence-electron chi connectivity index (χ1n) is 8.67. The summed E-state index contributed by atoms with van der Waals surface area (Å²) < 4.78 is 0. The maximum Gasteiger partial charge on any atom is 0.317 e. The molecule has 24 heavy (non-hydrogen) atoms. The van der Waals surface area contributed by atoms with Crippen molar-refractivity contribution in [3.63, 3.8) is 0 Å². The molecule has 1 saturated heterocycles. The molecule has 1 aliphatic heterocycles. The second-order valence-electron chi connectivity index (χ2n) is 7.63. The molecule has 0 aromatic rings. The first-order valence-corrected chi connectivity index (χ1v) is 8.67. The van der Waals surface area contributed by atoms with Gasteiger partial charge in [-0.15, -0.1) is 0 Å². The van der Waals surface area contributed by atoms with E-state index < -0.39 is 11.5 Å². The fraction of sp³-hybridized carbons (Fsp3) is 0.824. The zero-order chi connectivity index (χ0) is 18.3. The lowest BCUT2D eigenvalue weighted by atomic mass is 9.93. The molecule has 138 valence electrons. The number of carbonyl (C=O) groups excluding carboxylic acids is 2. The summed E-state index contributed by atoms with van der Waals surface area (Å²) in [5, 5.41) is 14.6. The molecule has 0 aromatic carbocycles. The van der Waals surface area contributed by atoms with Gasteiger partial charge in [-0.05, 0) is 39.0 Å². The number of carboxylic acids is 1. The van der Waals surface area contributed by atoms with Crippen molar-refractivity contribution in [2.75, 3.05) is 19.6 Å². The van der Waals surface area contributed by atoms with Gasteiger partial charge in [-0.3, -0.25) is 9.59 Å². The Balaban J connectivity index is 2.52. The molecular formula is C17H31N3O4. The molecule has 1 atom stereocenters. The van der Waals surface area contributed by atoms with E-state index in [4.69, 9.17) is 5.11 Å². The van der Waals surface area contributed by atoms with Gasteiger partial charge in [0.2, 0.25) is 5.91 Å². The molecule has 0 aromatic heterocycles. The van der Waals surface area contributed by atoms with Gasteiger partial charge in [0.15, 0.2) is 0 Å². The molecule has 0 aliphatic carbocycles. The van der Waals surface area contributed by atoms with Crippen LogP contribution in [0, 0.1) is 11.8 Å². The molecule has 3 amide bonds. The number of nitrogens with one attached hydrogen (secondary N) is 2.